The van der Waals surface area contributed by atoms with E-state index in [1.807, 2.05) is 18.5 Å². The van der Waals surface area contributed by atoms with Gasteiger partial charge in [-0.25, -0.2) is 0 Å². The SMILES string of the molecule is CCCC(Cl)CCCc1cccnc1. The number of hydrogen-bond acceptors (Lipinski definition) is 1. The van der Waals surface area contributed by atoms with Crippen molar-refractivity contribution in [3.05, 3.63) is 30.1 Å². The maximum atomic E-state index is 6.13. The molecule has 0 N–H and O–H groups in total. The summed E-state index contributed by atoms with van der Waals surface area (Å²) in [6.45, 7) is 2.18. The van der Waals surface area contributed by atoms with Gasteiger partial charge in [0.15, 0.2) is 0 Å². The molecular formula is C12H18ClN. The summed E-state index contributed by atoms with van der Waals surface area (Å²) in [6, 6.07) is 4.11. The van der Waals surface area contributed by atoms with E-state index >= 15 is 0 Å². The fourth-order valence-electron chi connectivity index (χ4n) is 1.53. The number of nitrogens with zero attached hydrogens (tertiary/aromatic N) is 1. The molecule has 0 saturated heterocycles. The molecule has 0 aliphatic rings. The Bertz CT molecular complexity index is 235. The Hall–Kier alpha value is -0.560. The van der Waals surface area contributed by atoms with Gasteiger partial charge < -0.3 is 0 Å². The molecule has 0 saturated carbocycles. The Kier molecular flexibility index (Phi) is 5.62. The first-order valence-electron chi connectivity index (χ1n) is 5.36. The lowest BCUT2D eigenvalue weighted by Crippen LogP contribution is -1.98. The van der Waals surface area contributed by atoms with E-state index < -0.39 is 0 Å². The van der Waals surface area contributed by atoms with E-state index in [0.29, 0.717) is 5.38 Å². The number of alkyl halides is 1. The van der Waals surface area contributed by atoms with Crippen LogP contribution in [-0.4, -0.2) is 10.4 Å². The first kappa shape index (κ1) is 11.5. The maximum Gasteiger partial charge on any atom is 0.0336 e. The molecule has 1 aromatic rings. The number of aromatic nitrogens is 1. The van der Waals surface area contributed by atoms with Crippen LogP contribution in [0.15, 0.2) is 24.5 Å². The van der Waals surface area contributed by atoms with E-state index in [1.165, 1.54) is 18.4 Å². The molecule has 2 heteroatoms. The second kappa shape index (κ2) is 6.83. The summed E-state index contributed by atoms with van der Waals surface area (Å²) in [7, 11) is 0. The van der Waals surface area contributed by atoms with Crippen LogP contribution >= 0.6 is 11.6 Å². The summed E-state index contributed by atoms with van der Waals surface area (Å²) < 4.78 is 0. The first-order valence-corrected chi connectivity index (χ1v) is 5.79. The molecule has 0 radical (unpaired) electrons. The van der Waals surface area contributed by atoms with Gasteiger partial charge in [0, 0.05) is 17.8 Å². The molecule has 14 heavy (non-hydrogen) atoms. The molecule has 1 atom stereocenters. The number of halogens is 1. The van der Waals surface area contributed by atoms with Crippen LogP contribution in [0.4, 0.5) is 0 Å². The normalized spacial score (nSPS) is 12.7. The molecule has 1 heterocycles. The van der Waals surface area contributed by atoms with E-state index in [2.05, 4.69) is 18.0 Å². The van der Waals surface area contributed by atoms with Crippen LogP contribution < -0.4 is 0 Å². The predicted molar refractivity (Wildman–Crippen MR) is 61.7 cm³/mol. The Morgan fingerprint density at radius 2 is 2.29 bits per heavy atom. The van der Waals surface area contributed by atoms with Crippen LogP contribution in [0, 0.1) is 0 Å². The minimum atomic E-state index is 0.358. The van der Waals surface area contributed by atoms with Crippen LogP contribution in [0.1, 0.15) is 38.2 Å². The maximum absolute atomic E-state index is 6.13. The highest BCUT2D eigenvalue weighted by Gasteiger charge is 2.02. The highest BCUT2D eigenvalue weighted by atomic mass is 35.5. The fraction of sp³-hybridized carbons (Fsp3) is 0.583. The Balaban J connectivity index is 2.16. The third kappa shape index (κ3) is 4.61. The summed E-state index contributed by atoms with van der Waals surface area (Å²) in [5.74, 6) is 0. The quantitative estimate of drug-likeness (QED) is 0.652. The van der Waals surface area contributed by atoms with E-state index in [9.17, 15) is 0 Å². The van der Waals surface area contributed by atoms with Crippen molar-refractivity contribution in [1.29, 1.82) is 0 Å². The van der Waals surface area contributed by atoms with Crippen LogP contribution in [-0.2, 0) is 6.42 Å². The summed E-state index contributed by atoms with van der Waals surface area (Å²) in [4.78, 5) is 4.09. The Morgan fingerprint density at radius 3 is 2.93 bits per heavy atom. The molecule has 1 nitrogen and oxygen atoms in total. The fourth-order valence-corrected chi connectivity index (χ4v) is 1.90. The number of hydrogen-bond donors (Lipinski definition) is 0. The van der Waals surface area contributed by atoms with Gasteiger partial charge in [-0.05, 0) is 37.3 Å². The molecule has 0 aliphatic heterocycles. The summed E-state index contributed by atoms with van der Waals surface area (Å²) in [5.41, 5.74) is 1.31. The highest BCUT2D eigenvalue weighted by molar-refractivity contribution is 6.20. The number of aryl methyl sites for hydroxylation is 1. The molecule has 78 valence electrons. The molecular weight excluding hydrogens is 194 g/mol. The molecule has 0 aliphatic carbocycles. The van der Waals surface area contributed by atoms with Gasteiger partial charge in [0.1, 0.15) is 0 Å². The minimum absolute atomic E-state index is 0.358. The van der Waals surface area contributed by atoms with Gasteiger partial charge in [-0.15, -0.1) is 11.6 Å². The average Bonchev–Trinajstić information content (AvgIpc) is 2.20. The Labute approximate surface area is 91.5 Å². The van der Waals surface area contributed by atoms with E-state index in [1.54, 1.807) is 0 Å². The van der Waals surface area contributed by atoms with Gasteiger partial charge in [0.05, 0.1) is 0 Å². The zero-order valence-corrected chi connectivity index (χ0v) is 9.50. The van der Waals surface area contributed by atoms with Gasteiger partial charge in [-0.1, -0.05) is 19.4 Å². The van der Waals surface area contributed by atoms with Crippen molar-refractivity contribution in [2.45, 2.75) is 44.4 Å². The molecule has 0 amide bonds. The molecule has 0 fully saturated rings. The molecule has 0 bridgehead atoms. The molecule has 1 aromatic heterocycles. The van der Waals surface area contributed by atoms with Gasteiger partial charge in [0.25, 0.3) is 0 Å². The van der Waals surface area contributed by atoms with Crippen LogP contribution in [0.5, 0.6) is 0 Å². The molecule has 1 unspecified atom stereocenters. The van der Waals surface area contributed by atoms with Crippen LogP contribution in [0.2, 0.25) is 0 Å². The first-order chi connectivity index (χ1) is 6.83. The standard InChI is InChI=1S/C12H18ClN/c1-2-5-12(13)8-3-6-11-7-4-9-14-10-11/h4,7,9-10,12H,2-3,5-6,8H2,1H3. The second-order valence-electron chi connectivity index (χ2n) is 3.64. The minimum Gasteiger partial charge on any atom is -0.264 e. The van der Waals surface area contributed by atoms with Crippen molar-refractivity contribution < 1.29 is 0 Å². The van der Waals surface area contributed by atoms with E-state index in [0.717, 1.165) is 19.3 Å². The Morgan fingerprint density at radius 1 is 1.43 bits per heavy atom. The smallest absolute Gasteiger partial charge is 0.0336 e. The van der Waals surface area contributed by atoms with Crippen molar-refractivity contribution in [2.75, 3.05) is 0 Å². The lowest BCUT2D eigenvalue weighted by molar-refractivity contribution is 0.640. The third-order valence-corrected chi connectivity index (χ3v) is 2.74. The molecule has 0 spiro atoms. The lowest BCUT2D eigenvalue weighted by Gasteiger charge is -2.06. The third-order valence-electron chi connectivity index (χ3n) is 2.31. The molecule has 1 rings (SSSR count). The summed E-state index contributed by atoms with van der Waals surface area (Å²) >= 11 is 6.13. The second-order valence-corrected chi connectivity index (χ2v) is 4.26. The van der Waals surface area contributed by atoms with Crippen molar-refractivity contribution in [3.63, 3.8) is 0 Å². The van der Waals surface area contributed by atoms with Crippen molar-refractivity contribution >= 4 is 11.6 Å². The zero-order valence-electron chi connectivity index (χ0n) is 8.75. The van der Waals surface area contributed by atoms with Gasteiger partial charge in [-0.2, -0.15) is 0 Å². The number of rotatable bonds is 6. The summed E-state index contributed by atoms with van der Waals surface area (Å²) in [5, 5.41) is 0.358. The van der Waals surface area contributed by atoms with Crippen LogP contribution in [0.25, 0.3) is 0 Å². The van der Waals surface area contributed by atoms with Gasteiger partial charge >= 0.3 is 0 Å². The van der Waals surface area contributed by atoms with Gasteiger partial charge in [0.2, 0.25) is 0 Å². The van der Waals surface area contributed by atoms with E-state index in [4.69, 9.17) is 11.6 Å². The zero-order chi connectivity index (χ0) is 10.2. The van der Waals surface area contributed by atoms with Crippen molar-refractivity contribution in [3.8, 4) is 0 Å². The van der Waals surface area contributed by atoms with E-state index in [-0.39, 0.29) is 0 Å². The van der Waals surface area contributed by atoms with Crippen molar-refractivity contribution in [2.24, 2.45) is 0 Å². The topological polar surface area (TPSA) is 12.9 Å². The average molecular weight is 212 g/mol. The predicted octanol–water partition coefficient (Wildman–Crippen LogP) is 3.81. The number of pyridine rings is 1. The van der Waals surface area contributed by atoms with Gasteiger partial charge in [-0.3, -0.25) is 4.98 Å². The largest absolute Gasteiger partial charge is 0.264 e. The lowest BCUT2D eigenvalue weighted by atomic mass is 10.1. The highest BCUT2D eigenvalue weighted by Crippen LogP contribution is 2.13. The monoisotopic (exact) mass is 211 g/mol. The molecule has 0 aromatic carbocycles. The van der Waals surface area contributed by atoms with Crippen LogP contribution in [0.3, 0.4) is 0 Å². The van der Waals surface area contributed by atoms with Crippen molar-refractivity contribution in [1.82, 2.24) is 4.98 Å². The summed E-state index contributed by atoms with van der Waals surface area (Å²) in [6.07, 6.45) is 9.44.